The highest BCUT2D eigenvalue weighted by Crippen LogP contribution is 2.33. The van der Waals surface area contributed by atoms with Crippen LogP contribution in [0.5, 0.6) is 5.75 Å². The minimum Gasteiger partial charge on any atom is -0.489 e. The molecule has 1 aliphatic rings. The van der Waals surface area contributed by atoms with Crippen LogP contribution in [0.25, 0.3) is 6.08 Å². The van der Waals surface area contributed by atoms with E-state index in [1.165, 1.54) is 17.0 Å². The second-order valence-electron chi connectivity index (χ2n) is 6.88. The molecule has 0 bridgehead atoms. The topological polar surface area (TPSA) is 46.6 Å². The Morgan fingerprint density at radius 3 is 2.42 bits per heavy atom. The van der Waals surface area contributed by atoms with E-state index in [0.29, 0.717) is 17.3 Å². The molecule has 0 N–H and O–H groups in total. The Morgan fingerprint density at radius 1 is 0.968 bits per heavy atom. The van der Waals surface area contributed by atoms with Gasteiger partial charge in [-0.15, -0.1) is 0 Å². The summed E-state index contributed by atoms with van der Waals surface area (Å²) >= 11 is 3.15. The fourth-order valence-electron chi connectivity index (χ4n) is 3.00. The Morgan fingerprint density at radius 2 is 1.68 bits per heavy atom. The van der Waals surface area contributed by atoms with Gasteiger partial charge in [-0.1, -0.05) is 36.4 Å². The highest BCUT2D eigenvalue weighted by molar-refractivity contribution is 14.1. The zero-order valence-corrected chi connectivity index (χ0v) is 19.2. The zero-order chi connectivity index (χ0) is 21.8. The van der Waals surface area contributed by atoms with Crippen molar-refractivity contribution in [3.05, 3.63) is 104 Å². The number of hydrogen-bond donors (Lipinski definition) is 0. The van der Waals surface area contributed by atoms with Gasteiger partial charge in [-0.05, 0) is 93.5 Å². The lowest BCUT2D eigenvalue weighted by molar-refractivity contribution is -0.123. The average molecular weight is 545 g/mol. The van der Waals surface area contributed by atoms with Gasteiger partial charge in [-0.25, -0.2) is 4.39 Å². The van der Waals surface area contributed by atoms with Gasteiger partial charge >= 0.3 is 0 Å². The summed E-state index contributed by atoms with van der Waals surface area (Å²) in [5.41, 5.74) is 2.51. The first-order valence-corrected chi connectivity index (χ1v) is 11.3. The molecule has 1 saturated heterocycles. The second-order valence-corrected chi connectivity index (χ2v) is 9.12. The molecular formula is C24H17FINO3S. The molecule has 4 rings (SSSR count). The van der Waals surface area contributed by atoms with Crippen LogP contribution in [0, 0.1) is 9.39 Å². The molecule has 1 fully saturated rings. The lowest BCUT2D eigenvalue weighted by Gasteiger charge is -2.12. The summed E-state index contributed by atoms with van der Waals surface area (Å²) in [5, 5.41) is -0.279. The molecule has 1 aliphatic heterocycles. The average Bonchev–Trinajstić information content (AvgIpc) is 3.02. The van der Waals surface area contributed by atoms with Crippen molar-refractivity contribution >= 4 is 51.6 Å². The van der Waals surface area contributed by atoms with Gasteiger partial charge in [-0.2, -0.15) is 0 Å². The smallest absolute Gasteiger partial charge is 0.293 e. The van der Waals surface area contributed by atoms with Crippen LogP contribution in [0.3, 0.4) is 0 Å². The highest BCUT2D eigenvalue weighted by Gasteiger charge is 2.34. The fourth-order valence-corrected chi connectivity index (χ4v) is 4.20. The quantitative estimate of drug-likeness (QED) is 0.272. The normalized spacial score (nSPS) is 15.0. The second kappa shape index (κ2) is 9.65. The summed E-state index contributed by atoms with van der Waals surface area (Å²) in [6, 6.07) is 21.1. The Kier molecular flexibility index (Phi) is 6.72. The van der Waals surface area contributed by atoms with Crippen LogP contribution in [0.4, 0.5) is 9.18 Å². The van der Waals surface area contributed by atoms with Gasteiger partial charge < -0.3 is 4.74 Å². The number of carbonyl (C=O) groups is 2. The zero-order valence-electron chi connectivity index (χ0n) is 16.3. The number of thioether (sulfide) groups is 1. The molecule has 2 amide bonds. The number of halogens is 2. The Hall–Kier alpha value is -2.65. The number of hydrogen-bond acceptors (Lipinski definition) is 4. The summed E-state index contributed by atoms with van der Waals surface area (Å²) in [4.78, 5) is 26.8. The third-order valence-electron chi connectivity index (χ3n) is 4.60. The standard InChI is InChI=1S/C24H17FINO3S/c25-19-8-4-17(5-9-19)15-30-21-3-1-2-18(12-21)13-22-23(28)27(24(29)31-22)14-16-6-10-20(26)11-7-16/h1-13H,14-15H2/b22-13+. The van der Waals surface area contributed by atoms with Crippen molar-refractivity contribution in [1.29, 1.82) is 0 Å². The first-order valence-electron chi connectivity index (χ1n) is 9.45. The van der Waals surface area contributed by atoms with E-state index in [0.717, 1.165) is 32.0 Å². The molecule has 3 aromatic rings. The van der Waals surface area contributed by atoms with Crippen molar-refractivity contribution in [3.8, 4) is 5.75 Å². The van der Waals surface area contributed by atoms with Crippen LogP contribution in [-0.4, -0.2) is 16.0 Å². The predicted octanol–water partition coefficient (Wildman–Crippen LogP) is 6.25. The number of imide groups is 1. The third-order valence-corrected chi connectivity index (χ3v) is 6.23. The number of rotatable bonds is 6. The Balaban J connectivity index is 1.44. The SMILES string of the molecule is O=C1S/C(=C/c2cccc(OCc3ccc(F)cc3)c2)C(=O)N1Cc1ccc(I)cc1. The molecule has 0 aromatic heterocycles. The van der Waals surface area contributed by atoms with Crippen LogP contribution in [0.2, 0.25) is 0 Å². The highest BCUT2D eigenvalue weighted by atomic mass is 127. The molecular weight excluding hydrogens is 528 g/mol. The van der Waals surface area contributed by atoms with Crippen molar-refractivity contribution in [2.75, 3.05) is 0 Å². The van der Waals surface area contributed by atoms with Crippen molar-refractivity contribution in [2.45, 2.75) is 13.2 Å². The van der Waals surface area contributed by atoms with Gasteiger partial charge in [0.15, 0.2) is 0 Å². The monoisotopic (exact) mass is 545 g/mol. The molecule has 0 aliphatic carbocycles. The lowest BCUT2D eigenvalue weighted by atomic mass is 10.2. The Labute approximate surface area is 197 Å². The third kappa shape index (κ3) is 5.54. The van der Waals surface area contributed by atoms with Crippen LogP contribution < -0.4 is 4.74 Å². The maximum atomic E-state index is 13.0. The summed E-state index contributed by atoms with van der Waals surface area (Å²) in [7, 11) is 0. The van der Waals surface area contributed by atoms with E-state index >= 15 is 0 Å². The van der Waals surface area contributed by atoms with Gasteiger partial charge in [0.2, 0.25) is 0 Å². The minimum atomic E-state index is -0.300. The summed E-state index contributed by atoms with van der Waals surface area (Å²) in [6.45, 7) is 0.552. The molecule has 0 atom stereocenters. The molecule has 3 aromatic carbocycles. The van der Waals surface area contributed by atoms with Crippen LogP contribution in [0.1, 0.15) is 16.7 Å². The van der Waals surface area contributed by atoms with Gasteiger partial charge in [0, 0.05) is 3.57 Å². The number of carbonyl (C=O) groups excluding carboxylic acids is 2. The Bertz CT molecular complexity index is 1150. The molecule has 0 saturated carbocycles. The number of nitrogens with zero attached hydrogens (tertiary/aromatic N) is 1. The number of ether oxygens (including phenoxy) is 1. The number of benzene rings is 3. The summed E-state index contributed by atoms with van der Waals surface area (Å²) < 4.78 is 19.9. The van der Waals surface area contributed by atoms with E-state index in [4.69, 9.17) is 4.74 Å². The first kappa shape index (κ1) is 21.6. The van der Waals surface area contributed by atoms with Crippen LogP contribution in [-0.2, 0) is 17.9 Å². The minimum absolute atomic E-state index is 0.250. The van der Waals surface area contributed by atoms with Crippen LogP contribution in [0.15, 0.2) is 77.7 Å². The molecule has 156 valence electrons. The van der Waals surface area contributed by atoms with E-state index in [9.17, 15) is 14.0 Å². The molecule has 0 spiro atoms. The van der Waals surface area contributed by atoms with Crippen LogP contribution >= 0.6 is 34.4 Å². The van der Waals surface area contributed by atoms with E-state index in [2.05, 4.69) is 22.6 Å². The lowest BCUT2D eigenvalue weighted by Crippen LogP contribution is -2.27. The molecule has 4 nitrogen and oxygen atoms in total. The van der Waals surface area contributed by atoms with E-state index in [1.807, 2.05) is 42.5 Å². The molecule has 0 radical (unpaired) electrons. The van der Waals surface area contributed by atoms with Crippen molar-refractivity contribution in [3.63, 3.8) is 0 Å². The van der Waals surface area contributed by atoms with E-state index in [1.54, 1.807) is 24.3 Å². The molecule has 31 heavy (non-hydrogen) atoms. The van der Waals surface area contributed by atoms with Gasteiger partial charge in [0.05, 0.1) is 11.4 Å². The molecule has 1 heterocycles. The summed E-state index contributed by atoms with van der Waals surface area (Å²) in [5.74, 6) is 0.0316. The van der Waals surface area contributed by atoms with E-state index in [-0.39, 0.29) is 23.5 Å². The largest absolute Gasteiger partial charge is 0.489 e. The fraction of sp³-hybridized carbons (Fsp3) is 0.0833. The van der Waals surface area contributed by atoms with Gasteiger partial charge in [0.25, 0.3) is 11.1 Å². The van der Waals surface area contributed by atoms with Crippen molar-refractivity contribution < 1.29 is 18.7 Å². The number of amides is 2. The maximum absolute atomic E-state index is 13.0. The maximum Gasteiger partial charge on any atom is 0.293 e. The summed E-state index contributed by atoms with van der Waals surface area (Å²) in [6.07, 6.45) is 1.70. The van der Waals surface area contributed by atoms with Crippen molar-refractivity contribution in [1.82, 2.24) is 4.90 Å². The van der Waals surface area contributed by atoms with Gasteiger partial charge in [-0.3, -0.25) is 14.5 Å². The molecule has 7 heteroatoms. The van der Waals surface area contributed by atoms with Crippen molar-refractivity contribution in [2.24, 2.45) is 0 Å². The predicted molar refractivity (Wildman–Crippen MR) is 128 cm³/mol. The molecule has 0 unspecified atom stereocenters. The first-order chi connectivity index (χ1) is 15.0. The van der Waals surface area contributed by atoms with Gasteiger partial charge in [0.1, 0.15) is 18.2 Å². The van der Waals surface area contributed by atoms with E-state index < -0.39 is 0 Å².